The van der Waals surface area contributed by atoms with Gasteiger partial charge in [-0.2, -0.15) is 0 Å². The molecule has 0 atom stereocenters. The molecule has 0 bridgehead atoms. The Hall–Kier alpha value is -1.48. The van der Waals surface area contributed by atoms with Gasteiger partial charge in [0.1, 0.15) is 4.83 Å². The van der Waals surface area contributed by atoms with Gasteiger partial charge < -0.3 is 15.5 Å². The second-order valence-electron chi connectivity index (χ2n) is 4.87. The Morgan fingerprint density at radius 1 is 1.48 bits per heavy atom. The lowest BCUT2D eigenvalue weighted by Crippen LogP contribution is -2.53. The highest BCUT2D eigenvalue weighted by Crippen LogP contribution is 2.28. The molecule has 3 heterocycles. The van der Waals surface area contributed by atoms with E-state index in [1.807, 2.05) is 22.9 Å². The van der Waals surface area contributed by atoms with E-state index in [0.29, 0.717) is 11.3 Å². The largest absolute Gasteiger partial charge is 0.394 e. The lowest BCUT2D eigenvalue weighted by Gasteiger charge is -2.29. The fraction of sp³-hybridized carbons (Fsp3) is 0.385. The number of aromatic nitrogens is 2. The van der Waals surface area contributed by atoms with Crippen LogP contribution in [0.5, 0.6) is 0 Å². The van der Waals surface area contributed by atoms with Crippen molar-refractivity contribution in [2.45, 2.75) is 18.9 Å². The van der Waals surface area contributed by atoms with Crippen LogP contribution in [-0.4, -0.2) is 44.3 Å². The summed E-state index contributed by atoms with van der Waals surface area (Å²) in [7, 11) is 0. The van der Waals surface area contributed by atoms with Crippen LogP contribution in [0.1, 0.15) is 23.0 Å². The summed E-state index contributed by atoms with van der Waals surface area (Å²) in [5, 5.41) is 23.5. The van der Waals surface area contributed by atoms with Crippen LogP contribution < -0.4 is 5.32 Å². The molecule has 0 unspecified atom stereocenters. The monoisotopic (exact) mass is 325 g/mol. The minimum atomic E-state index is -0.983. The van der Waals surface area contributed by atoms with Crippen molar-refractivity contribution in [2.75, 3.05) is 13.2 Å². The number of hydrogen-bond acceptors (Lipinski definition) is 6. The van der Waals surface area contributed by atoms with Gasteiger partial charge in [-0.15, -0.1) is 22.7 Å². The molecule has 0 aliphatic heterocycles. The lowest BCUT2D eigenvalue weighted by atomic mass is 9.98. The number of aliphatic hydroxyl groups is 2. The average molecular weight is 325 g/mol. The molecular weight excluding hydrogens is 310 g/mol. The summed E-state index contributed by atoms with van der Waals surface area (Å²) in [6.45, 7) is 1.21. The van der Waals surface area contributed by atoms with E-state index in [-0.39, 0.29) is 19.1 Å². The van der Waals surface area contributed by atoms with Gasteiger partial charge in [0.25, 0.3) is 5.91 Å². The first-order valence-corrected chi connectivity index (χ1v) is 8.21. The molecular formula is C13H15N3O3S2. The van der Waals surface area contributed by atoms with E-state index in [1.165, 1.54) is 11.3 Å². The predicted molar refractivity (Wildman–Crippen MR) is 83.1 cm³/mol. The van der Waals surface area contributed by atoms with Crippen molar-refractivity contribution < 1.29 is 15.0 Å². The molecule has 3 N–H and O–H groups in total. The highest BCUT2D eigenvalue weighted by atomic mass is 32.1. The van der Waals surface area contributed by atoms with Gasteiger partial charge in [0.05, 0.1) is 29.1 Å². The van der Waals surface area contributed by atoms with Gasteiger partial charge in [-0.1, -0.05) is 6.92 Å². The molecule has 3 rings (SSSR count). The van der Waals surface area contributed by atoms with Gasteiger partial charge >= 0.3 is 0 Å². The van der Waals surface area contributed by atoms with E-state index in [1.54, 1.807) is 17.4 Å². The molecule has 0 aromatic carbocycles. The van der Waals surface area contributed by atoms with Crippen LogP contribution in [0.4, 0.5) is 0 Å². The third-order valence-electron chi connectivity index (χ3n) is 3.62. The lowest BCUT2D eigenvalue weighted by molar-refractivity contribution is 0.0656. The predicted octanol–water partition coefficient (Wildman–Crippen LogP) is 1.47. The highest BCUT2D eigenvalue weighted by Gasteiger charge is 2.29. The standard InChI is InChI=1S/C13H15N3O3S2/c1-2-13(6-17,7-18)15-10(19)9-5-8-11(21-9)14-12-16(8)3-4-20-12/h3-5,17-18H,2,6-7H2,1H3,(H,15,19). The normalized spacial score (nSPS) is 12.3. The summed E-state index contributed by atoms with van der Waals surface area (Å²) in [5.74, 6) is -0.299. The fourth-order valence-electron chi connectivity index (χ4n) is 2.10. The minimum Gasteiger partial charge on any atom is -0.394 e. The quantitative estimate of drug-likeness (QED) is 0.663. The molecule has 21 heavy (non-hydrogen) atoms. The third kappa shape index (κ3) is 2.34. The molecule has 112 valence electrons. The maximum atomic E-state index is 12.3. The van der Waals surface area contributed by atoms with Crippen molar-refractivity contribution in [3.05, 3.63) is 22.5 Å². The summed E-state index contributed by atoms with van der Waals surface area (Å²) >= 11 is 2.85. The van der Waals surface area contributed by atoms with Gasteiger partial charge in [0.15, 0.2) is 4.96 Å². The Morgan fingerprint density at radius 3 is 2.90 bits per heavy atom. The topological polar surface area (TPSA) is 86.9 Å². The Bertz CT molecular complexity index is 777. The van der Waals surface area contributed by atoms with Crippen LogP contribution in [-0.2, 0) is 0 Å². The van der Waals surface area contributed by atoms with Crippen molar-refractivity contribution in [2.24, 2.45) is 0 Å². The van der Waals surface area contributed by atoms with Crippen molar-refractivity contribution in [1.29, 1.82) is 0 Å². The Kier molecular flexibility index (Phi) is 3.70. The van der Waals surface area contributed by atoms with Gasteiger partial charge in [0.2, 0.25) is 0 Å². The molecule has 0 saturated heterocycles. The number of thiazole rings is 1. The Morgan fingerprint density at radius 2 is 2.24 bits per heavy atom. The van der Waals surface area contributed by atoms with Crippen LogP contribution in [0.25, 0.3) is 15.3 Å². The zero-order chi connectivity index (χ0) is 15.0. The first-order valence-electron chi connectivity index (χ1n) is 6.52. The second kappa shape index (κ2) is 5.38. The van der Waals surface area contributed by atoms with Crippen molar-refractivity contribution in [1.82, 2.24) is 14.7 Å². The van der Waals surface area contributed by atoms with Crippen molar-refractivity contribution in [3.8, 4) is 0 Å². The maximum absolute atomic E-state index is 12.3. The summed E-state index contributed by atoms with van der Waals surface area (Å²) in [4.78, 5) is 19.0. The SMILES string of the molecule is CCC(CO)(CO)NC(=O)c1cc2c(nc3sccn32)s1. The van der Waals surface area contributed by atoms with Gasteiger partial charge in [0, 0.05) is 11.6 Å². The van der Waals surface area contributed by atoms with E-state index in [0.717, 1.165) is 15.3 Å². The van der Waals surface area contributed by atoms with E-state index < -0.39 is 5.54 Å². The minimum absolute atomic E-state index is 0.299. The number of amides is 1. The fourth-order valence-corrected chi connectivity index (χ4v) is 3.80. The van der Waals surface area contributed by atoms with Crippen molar-refractivity contribution in [3.63, 3.8) is 0 Å². The number of rotatable bonds is 5. The molecule has 0 radical (unpaired) electrons. The summed E-state index contributed by atoms with van der Waals surface area (Å²) < 4.78 is 1.94. The number of nitrogens with zero attached hydrogens (tertiary/aromatic N) is 2. The highest BCUT2D eigenvalue weighted by molar-refractivity contribution is 7.21. The molecule has 0 saturated carbocycles. The number of nitrogens with one attached hydrogen (secondary N) is 1. The zero-order valence-corrected chi connectivity index (χ0v) is 13.0. The van der Waals surface area contributed by atoms with E-state index >= 15 is 0 Å². The Balaban J connectivity index is 1.92. The van der Waals surface area contributed by atoms with Crippen LogP contribution in [0.2, 0.25) is 0 Å². The molecule has 0 aliphatic carbocycles. The van der Waals surface area contributed by atoms with Crippen molar-refractivity contribution >= 4 is 43.9 Å². The average Bonchev–Trinajstić information content (AvgIpc) is 3.16. The zero-order valence-electron chi connectivity index (χ0n) is 11.4. The van der Waals surface area contributed by atoms with Gasteiger partial charge in [-0.05, 0) is 12.5 Å². The summed E-state index contributed by atoms with van der Waals surface area (Å²) in [6, 6.07) is 1.79. The Labute approximate surface area is 128 Å². The second-order valence-corrected chi connectivity index (χ2v) is 6.78. The number of carbonyl (C=O) groups is 1. The first kappa shape index (κ1) is 14.5. The molecule has 0 fully saturated rings. The number of fused-ring (bicyclic) bond motifs is 3. The van der Waals surface area contributed by atoms with E-state index in [9.17, 15) is 15.0 Å². The number of hydrogen-bond donors (Lipinski definition) is 3. The van der Waals surface area contributed by atoms with Crippen LogP contribution in [0.15, 0.2) is 17.6 Å². The van der Waals surface area contributed by atoms with Gasteiger partial charge in [-0.25, -0.2) is 4.98 Å². The van der Waals surface area contributed by atoms with Crippen LogP contribution in [0, 0.1) is 0 Å². The number of carbonyl (C=O) groups excluding carboxylic acids is 1. The number of aliphatic hydroxyl groups excluding tert-OH is 2. The number of imidazole rings is 1. The molecule has 8 heteroatoms. The van der Waals surface area contributed by atoms with Crippen LogP contribution in [0.3, 0.4) is 0 Å². The molecule has 3 aromatic rings. The summed E-state index contributed by atoms with van der Waals surface area (Å²) in [6.07, 6.45) is 2.37. The molecule has 0 spiro atoms. The molecule has 3 aromatic heterocycles. The molecule has 0 aliphatic rings. The first-order chi connectivity index (χ1) is 10.1. The number of thiophene rings is 1. The van der Waals surface area contributed by atoms with Gasteiger partial charge in [-0.3, -0.25) is 9.20 Å². The van der Waals surface area contributed by atoms with E-state index in [2.05, 4.69) is 10.3 Å². The third-order valence-corrected chi connectivity index (χ3v) is 5.40. The van der Waals surface area contributed by atoms with E-state index in [4.69, 9.17) is 0 Å². The molecule has 6 nitrogen and oxygen atoms in total. The summed E-state index contributed by atoms with van der Waals surface area (Å²) in [5.41, 5.74) is -0.0833. The van der Waals surface area contributed by atoms with Crippen LogP contribution >= 0.6 is 22.7 Å². The maximum Gasteiger partial charge on any atom is 0.262 e. The smallest absolute Gasteiger partial charge is 0.262 e. The molecule has 1 amide bonds.